The molecule has 0 atom stereocenters. The lowest BCUT2D eigenvalue weighted by Gasteiger charge is -2.35. The molecule has 0 saturated heterocycles. The molecule has 8 heteroatoms. The van der Waals surface area contributed by atoms with Crippen LogP contribution in [-0.2, 0) is 4.79 Å². The van der Waals surface area contributed by atoms with Crippen LogP contribution in [0.1, 0.15) is 27.9 Å². The van der Waals surface area contributed by atoms with Gasteiger partial charge in [-0.1, -0.05) is 6.08 Å². The van der Waals surface area contributed by atoms with E-state index in [4.69, 9.17) is 5.73 Å². The van der Waals surface area contributed by atoms with Crippen LogP contribution in [0.5, 0.6) is 0 Å². The summed E-state index contributed by atoms with van der Waals surface area (Å²) in [4.78, 5) is 25.5. The Hall–Kier alpha value is -3.68. The lowest BCUT2D eigenvalue weighted by atomic mass is 9.89. The number of amides is 1. The zero-order chi connectivity index (χ0) is 21.6. The van der Waals surface area contributed by atoms with Gasteiger partial charge < -0.3 is 10.6 Å². The van der Waals surface area contributed by atoms with Gasteiger partial charge in [-0.3, -0.25) is 9.59 Å². The molecule has 0 radical (unpaired) electrons. The van der Waals surface area contributed by atoms with Crippen molar-refractivity contribution in [3.63, 3.8) is 0 Å². The second-order valence-corrected chi connectivity index (χ2v) is 6.80. The van der Waals surface area contributed by atoms with E-state index < -0.39 is 40.5 Å². The highest BCUT2D eigenvalue weighted by Crippen LogP contribution is 2.39. The molecule has 0 aromatic heterocycles. The van der Waals surface area contributed by atoms with Crippen LogP contribution in [-0.4, -0.2) is 23.1 Å². The topological polar surface area (TPSA) is 63.4 Å². The van der Waals surface area contributed by atoms with Gasteiger partial charge in [0.1, 0.15) is 23.3 Å². The van der Waals surface area contributed by atoms with Crippen LogP contribution in [0.3, 0.4) is 0 Å². The Bertz CT molecular complexity index is 1170. The predicted molar refractivity (Wildman–Crippen MR) is 102 cm³/mol. The predicted octanol–water partition coefficient (Wildman–Crippen LogP) is 3.94. The van der Waals surface area contributed by atoms with E-state index >= 15 is 0 Å². The van der Waals surface area contributed by atoms with Crippen molar-refractivity contribution in [2.45, 2.75) is 6.42 Å². The van der Waals surface area contributed by atoms with Crippen molar-refractivity contribution in [3.05, 3.63) is 94.2 Å². The minimum Gasteiger partial charge on any atom is -0.366 e. The Morgan fingerprint density at radius 1 is 1.00 bits per heavy atom. The lowest BCUT2D eigenvalue weighted by molar-refractivity contribution is -0.114. The van der Waals surface area contributed by atoms with Crippen molar-refractivity contribution in [2.75, 3.05) is 6.54 Å². The molecule has 2 heterocycles. The van der Waals surface area contributed by atoms with Gasteiger partial charge in [0.05, 0.1) is 22.5 Å². The first-order valence-corrected chi connectivity index (χ1v) is 8.96. The third kappa shape index (κ3) is 3.20. The van der Waals surface area contributed by atoms with Gasteiger partial charge in [-0.15, -0.1) is 0 Å². The molecule has 2 aromatic rings. The van der Waals surface area contributed by atoms with E-state index in [1.165, 1.54) is 18.2 Å². The summed E-state index contributed by atoms with van der Waals surface area (Å²) in [5.41, 5.74) is 4.48. The van der Waals surface area contributed by atoms with Crippen LogP contribution in [0.2, 0.25) is 0 Å². The fourth-order valence-electron chi connectivity index (χ4n) is 3.63. The maximum atomic E-state index is 14.7. The van der Waals surface area contributed by atoms with Crippen LogP contribution < -0.4 is 5.73 Å². The fourth-order valence-corrected chi connectivity index (χ4v) is 3.63. The fraction of sp³-hybridized carbons (Fsp3) is 0.0909. The SMILES string of the molecule is NC(=O)c1cc(F)c(C2=C3C=CC=C(c4ccc(F)cc4F)N3CCC2=O)c(F)c1. The van der Waals surface area contributed by atoms with Crippen LogP contribution in [0.25, 0.3) is 11.3 Å². The molecule has 0 saturated carbocycles. The zero-order valence-corrected chi connectivity index (χ0v) is 15.4. The maximum Gasteiger partial charge on any atom is 0.248 e. The van der Waals surface area contributed by atoms with Crippen molar-refractivity contribution in [3.8, 4) is 0 Å². The Balaban J connectivity index is 1.89. The van der Waals surface area contributed by atoms with Gasteiger partial charge in [0.25, 0.3) is 0 Å². The third-order valence-electron chi connectivity index (χ3n) is 4.97. The number of nitrogens with zero attached hydrogens (tertiary/aromatic N) is 1. The number of benzene rings is 2. The van der Waals surface area contributed by atoms with Crippen LogP contribution in [0, 0.1) is 23.3 Å². The number of rotatable bonds is 3. The summed E-state index contributed by atoms with van der Waals surface area (Å²) in [6.07, 6.45) is 4.48. The molecule has 152 valence electrons. The van der Waals surface area contributed by atoms with Gasteiger partial charge in [0.15, 0.2) is 5.78 Å². The molecule has 1 amide bonds. The van der Waals surface area contributed by atoms with Crippen LogP contribution in [0.15, 0.2) is 54.3 Å². The van der Waals surface area contributed by atoms with Crippen molar-refractivity contribution in [1.29, 1.82) is 0 Å². The van der Waals surface area contributed by atoms with Gasteiger partial charge >= 0.3 is 0 Å². The first kappa shape index (κ1) is 19.6. The number of allylic oxidation sites excluding steroid dienone is 4. The van der Waals surface area contributed by atoms with E-state index in [2.05, 4.69) is 0 Å². The van der Waals surface area contributed by atoms with Crippen LogP contribution in [0.4, 0.5) is 17.6 Å². The molecule has 30 heavy (non-hydrogen) atoms. The minimum absolute atomic E-state index is 0.0801. The summed E-state index contributed by atoms with van der Waals surface area (Å²) in [7, 11) is 0. The largest absolute Gasteiger partial charge is 0.366 e. The summed E-state index contributed by atoms with van der Waals surface area (Å²) in [5, 5.41) is 0. The monoisotopic (exact) mass is 414 g/mol. The number of ketones is 1. The van der Waals surface area contributed by atoms with E-state index in [-0.39, 0.29) is 35.4 Å². The van der Waals surface area contributed by atoms with Crippen molar-refractivity contribution in [2.24, 2.45) is 5.73 Å². The molecular formula is C22H14F4N2O2. The highest BCUT2D eigenvalue weighted by Gasteiger charge is 2.33. The summed E-state index contributed by atoms with van der Waals surface area (Å²) >= 11 is 0. The average Bonchev–Trinajstić information content (AvgIpc) is 2.68. The van der Waals surface area contributed by atoms with Crippen molar-refractivity contribution < 1.29 is 27.2 Å². The molecule has 0 spiro atoms. The van der Waals surface area contributed by atoms with E-state index in [1.54, 1.807) is 11.0 Å². The first-order valence-electron chi connectivity index (χ1n) is 8.96. The smallest absolute Gasteiger partial charge is 0.248 e. The first-order chi connectivity index (χ1) is 14.3. The number of hydrogen-bond acceptors (Lipinski definition) is 3. The van der Waals surface area contributed by atoms with Gasteiger partial charge in [-0.25, -0.2) is 17.6 Å². The molecule has 4 rings (SSSR count). The Kier molecular flexibility index (Phi) is 4.77. The number of halogens is 4. The number of fused-ring (bicyclic) bond motifs is 1. The van der Waals surface area contributed by atoms with Crippen molar-refractivity contribution in [1.82, 2.24) is 4.90 Å². The number of carbonyl (C=O) groups excluding carboxylic acids is 2. The molecule has 0 bridgehead atoms. The van der Waals surface area contributed by atoms with Gasteiger partial charge in [-0.05, 0) is 36.4 Å². The Morgan fingerprint density at radius 2 is 1.70 bits per heavy atom. The molecule has 2 aliphatic rings. The second kappa shape index (κ2) is 7.29. The lowest BCUT2D eigenvalue weighted by Crippen LogP contribution is -2.32. The Morgan fingerprint density at radius 3 is 2.33 bits per heavy atom. The third-order valence-corrected chi connectivity index (χ3v) is 4.97. The number of carbonyl (C=O) groups is 2. The summed E-state index contributed by atoms with van der Waals surface area (Å²) < 4.78 is 57.1. The van der Waals surface area contributed by atoms with E-state index in [0.717, 1.165) is 24.3 Å². The molecule has 0 fully saturated rings. The minimum atomic E-state index is -1.11. The van der Waals surface area contributed by atoms with E-state index in [0.29, 0.717) is 5.70 Å². The molecule has 2 aliphatic heterocycles. The number of Topliss-reactive ketones (excluding diaryl/α,β-unsaturated/α-hetero) is 1. The number of nitrogens with two attached hydrogens (primary N) is 1. The standard InChI is InChI=1S/C22H14F4N2O2/c23-12-4-5-13(14(24)10-12)17-2-1-3-18-21(19(29)6-7-28(17)18)20-15(25)8-11(22(27)30)9-16(20)26/h1-5,8-10H,6-7H2,(H2,27,30). The maximum absolute atomic E-state index is 14.7. The average molecular weight is 414 g/mol. The number of primary amides is 1. The molecule has 0 aliphatic carbocycles. The van der Waals surface area contributed by atoms with Crippen molar-refractivity contribution >= 4 is 23.0 Å². The van der Waals surface area contributed by atoms with Gasteiger partial charge in [-0.2, -0.15) is 0 Å². The summed E-state index contributed by atoms with van der Waals surface area (Å²) in [5.74, 6) is -5.29. The number of hydrogen-bond donors (Lipinski definition) is 1. The highest BCUT2D eigenvalue weighted by molar-refractivity contribution is 6.23. The normalized spacial score (nSPS) is 15.9. The summed E-state index contributed by atoms with van der Waals surface area (Å²) in [6.45, 7) is 0.146. The second-order valence-electron chi connectivity index (χ2n) is 6.80. The molecule has 0 unspecified atom stereocenters. The Labute approximate surface area is 168 Å². The molecular weight excluding hydrogens is 400 g/mol. The van der Waals surface area contributed by atoms with E-state index in [1.807, 2.05) is 0 Å². The molecule has 2 aromatic carbocycles. The van der Waals surface area contributed by atoms with Crippen LogP contribution >= 0.6 is 0 Å². The zero-order valence-electron chi connectivity index (χ0n) is 15.4. The molecule has 4 nitrogen and oxygen atoms in total. The van der Waals surface area contributed by atoms with Gasteiger partial charge in [0.2, 0.25) is 5.91 Å². The van der Waals surface area contributed by atoms with E-state index in [9.17, 15) is 27.2 Å². The molecule has 2 N–H and O–H groups in total. The summed E-state index contributed by atoms with van der Waals surface area (Å²) in [6, 6.07) is 4.62. The highest BCUT2D eigenvalue weighted by atomic mass is 19.1. The van der Waals surface area contributed by atoms with Gasteiger partial charge in [0, 0.05) is 30.2 Å². The quantitative estimate of drug-likeness (QED) is 0.774.